The summed E-state index contributed by atoms with van der Waals surface area (Å²) < 4.78 is 11.1. The zero-order valence-corrected chi connectivity index (χ0v) is 18.4. The number of rotatable bonds is 5. The van der Waals surface area contributed by atoms with Gasteiger partial charge in [0.2, 0.25) is 5.91 Å². The molecule has 0 saturated carbocycles. The second-order valence-electron chi connectivity index (χ2n) is 8.54. The maximum absolute atomic E-state index is 12.5. The Morgan fingerprint density at radius 2 is 1.97 bits per heavy atom. The molecule has 1 atom stereocenters. The van der Waals surface area contributed by atoms with E-state index in [-0.39, 0.29) is 11.3 Å². The van der Waals surface area contributed by atoms with Crippen molar-refractivity contribution in [3.8, 4) is 11.5 Å². The fraction of sp³-hybridized carbons (Fsp3) is 0.400. The van der Waals surface area contributed by atoms with Gasteiger partial charge in [0.1, 0.15) is 5.66 Å². The second-order valence-corrected chi connectivity index (χ2v) is 8.54. The molecule has 0 spiro atoms. The minimum absolute atomic E-state index is 0.0813. The molecule has 2 heterocycles. The summed E-state index contributed by atoms with van der Waals surface area (Å²) in [6.45, 7) is 9.76. The average Bonchev–Trinajstić information content (AvgIpc) is 2.91. The minimum atomic E-state index is -0.621. The van der Waals surface area contributed by atoms with Crippen LogP contribution >= 0.6 is 0 Å². The summed E-state index contributed by atoms with van der Waals surface area (Å²) in [5, 5.41) is 3.32. The fourth-order valence-corrected chi connectivity index (χ4v) is 4.75. The van der Waals surface area contributed by atoms with Crippen LogP contribution in [-0.4, -0.2) is 31.8 Å². The van der Waals surface area contributed by atoms with Crippen LogP contribution in [0.5, 0.6) is 11.5 Å². The number of hydrogen-bond acceptors (Lipinski definition) is 4. The van der Waals surface area contributed by atoms with Crippen molar-refractivity contribution in [3.63, 3.8) is 0 Å². The Balaban J connectivity index is 1.78. The van der Waals surface area contributed by atoms with Crippen molar-refractivity contribution in [2.45, 2.75) is 45.2 Å². The molecule has 0 bridgehead atoms. The van der Waals surface area contributed by atoms with E-state index in [0.29, 0.717) is 25.3 Å². The van der Waals surface area contributed by atoms with Crippen LogP contribution in [0.1, 0.15) is 43.9 Å². The maximum Gasteiger partial charge on any atom is 0.223 e. The third-order valence-electron chi connectivity index (χ3n) is 6.39. The van der Waals surface area contributed by atoms with Crippen LogP contribution < -0.4 is 19.7 Å². The Morgan fingerprint density at radius 1 is 1.17 bits per heavy atom. The lowest BCUT2D eigenvalue weighted by Gasteiger charge is -2.49. The van der Waals surface area contributed by atoms with Gasteiger partial charge in [-0.05, 0) is 49.2 Å². The number of methoxy groups -OCH3 is 1. The Morgan fingerprint density at radius 3 is 2.70 bits per heavy atom. The molecule has 2 aliphatic rings. The van der Waals surface area contributed by atoms with Gasteiger partial charge in [0, 0.05) is 24.1 Å². The number of fused-ring (bicyclic) bond motifs is 3. The monoisotopic (exact) mass is 406 g/mol. The highest BCUT2D eigenvalue weighted by Crippen LogP contribution is 2.52. The lowest BCUT2D eigenvalue weighted by atomic mass is 9.74. The number of carbonyl (C=O) groups is 1. The van der Waals surface area contributed by atoms with Gasteiger partial charge >= 0.3 is 0 Å². The highest BCUT2D eigenvalue weighted by atomic mass is 16.5. The topological polar surface area (TPSA) is 50.8 Å². The highest BCUT2D eigenvalue weighted by Gasteiger charge is 2.57. The van der Waals surface area contributed by atoms with Crippen molar-refractivity contribution in [1.82, 2.24) is 5.32 Å². The first kappa shape index (κ1) is 20.3. The van der Waals surface area contributed by atoms with E-state index in [1.54, 1.807) is 7.11 Å². The fourth-order valence-electron chi connectivity index (χ4n) is 4.75. The predicted molar refractivity (Wildman–Crippen MR) is 120 cm³/mol. The summed E-state index contributed by atoms with van der Waals surface area (Å²) in [5.41, 5.74) is 3.76. The zero-order valence-electron chi connectivity index (χ0n) is 18.4. The lowest BCUT2D eigenvalue weighted by molar-refractivity contribution is -0.124. The Hall–Kier alpha value is -2.95. The molecule has 5 nitrogen and oxygen atoms in total. The standard InChI is InChI=1S/C25H30N2O3/c1-6-30-21-10-8-18(16-22(21)29-5)11-13-25-24(3,4)19-15-17(2)7-9-20(19)27(25)14-12-23(28)26-25/h7-11,13,15-16H,6,12,14H2,1-5H3,(H,26,28). The molecule has 1 unspecified atom stereocenters. The molecule has 1 N–H and O–H groups in total. The number of benzene rings is 2. The van der Waals surface area contributed by atoms with E-state index in [9.17, 15) is 4.79 Å². The first-order valence-corrected chi connectivity index (χ1v) is 10.5. The number of ether oxygens (including phenoxy) is 2. The van der Waals surface area contributed by atoms with Crippen LogP contribution in [-0.2, 0) is 10.2 Å². The van der Waals surface area contributed by atoms with Gasteiger partial charge in [0.25, 0.3) is 0 Å². The summed E-state index contributed by atoms with van der Waals surface area (Å²) in [6.07, 6.45) is 4.70. The maximum atomic E-state index is 12.5. The van der Waals surface area contributed by atoms with Gasteiger partial charge in [0.05, 0.1) is 13.7 Å². The number of hydrogen-bond donors (Lipinski definition) is 1. The molecular formula is C25H30N2O3. The van der Waals surface area contributed by atoms with Gasteiger partial charge < -0.3 is 19.7 Å². The van der Waals surface area contributed by atoms with E-state index >= 15 is 0 Å². The third kappa shape index (κ3) is 3.04. The van der Waals surface area contributed by atoms with Crippen LogP contribution in [0.4, 0.5) is 5.69 Å². The van der Waals surface area contributed by atoms with Crippen molar-refractivity contribution < 1.29 is 14.3 Å². The molecule has 158 valence electrons. The van der Waals surface area contributed by atoms with Gasteiger partial charge in [-0.3, -0.25) is 4.79 Å². The van der Waals surface area contributed by atoms with E-state index in [1.165, 1.54) is 16.8 Å². The van der Waals surface area contributed by atoms with Crippen LogP contribution in [0.2, 0.25) is 0 Å². The molecule has 1 amide bonds. The third-order valence-corrected chi connectivity index (χ3v) is 6.39. The molecule has 5 heteroatoms. The molecule has 0 aliphatic carbocycles. The number of amides is 1. The summed E-state index contributed by atoms with van der Waals surface area (Å²) in [7, 11) is 1.65. The molecule has 0 radical (unpaired) electrons. The van der Waals surface area contributed by atoms with Crippen molar-refractivity contribution >= 4 is 17.7 Å². The molecule has 1 fully saturated rings. The molecule has 1 saturated heterocycles. The number of aryl methyl sites for hydroxylation is 1. The molecule has 0 aromatic heterocycles. The van der Waals surface area contributed by atoms with E-state index in [2.05, 4.69) is 61.3 Å². The first-order chi connectivity index (χ1) is 14.3. The number of nitrogens with zero attached hydrogens (tertiary/aromatic N) is 1. The predicted octanol–water partition coefficient (Wildman–Crippen LogP) is 4.43. The molecule has 2 aromatic carbocycles. The largest absolute Gasteiger partial charge is 0.493 e. The molecule has 4 rings (SSSR count). The summed E-state index contributed by atoms with van der Waals surface area (Å²) in [6, 6.07) is 12.5. The SMILES string of the molecule is CCOc1ccc(C=CC23NC(=O)CCN2c2ccc(C)cc2C3(C)C)cc1OC. The summed E-state index contributed by atoms with van der Waals surface area (Å²) in [5.74, 6) is 1.51. The van der Waals surface area contributed by atoms with Gasteiger partial charge in [-0.1, -0.05) is 43.7 Å². The molecule has 2 aliphatic heterocycles. The minimum Gasteiger partial charge on any atom is -0.493 e. The molecular weight excluding hydrogens is 376 g/mol. The van der Waals surface area contributed by atoms with Crippen LogP contribution in [0.15, 0.2) is 42.5 Å². The Bertz CT molecular complexity index is 1010. The average molecular weight is 407 g/mol. The number of nitrogens with one attached hydrogen (secondary N) is 1. The van der Waals surface area contributed by atoms with Gasteiger partial charge in [0.15, 0.2) is 11.5 Å². The van der Waals surface area contributed by atoms with Gasteiger partial charge in [-0.2, -0.15) is 0 Å². The van der Waals surface area contributed by atoms with Crippen LogP contribution in [0, 0.1) is 6.92 Å². The smallest absolute Gasteiger partial charge is 0.223 e. The Kier molecular flexibility index (Phi) is 5.00. The van der Waals surface area contributed by atoms with Crippen LogP contribution in [0.25, 0.3) is 6.08 Å². The van der Waals surface area contributed by atoms with Gasteiger partial charge in [-0.15, -0.1) is 0 Å². The van der Waals surface area contributed by atoms with E-state index in [1.807, 2.05) is 25.1 Å². The van der Waals surface area contributed by atoms with Crippen molar-refractivity contribution in [2.75, 3.05) is 25.2 Å². The van der Waals surface area contributed by atoms with Crippen molar-refractivity contribution in [1.29, 1.82) is 0 Å². The van der Waals surface area contributed by atoms with Crippen LogP contribution in [0.3, 0.4) is 0 Å². The van der Waals surface area contributed by atoms with Crippen molar-refractivity contribution in [3.05, 3.63) is 59.2 Å². The normalized spacial score (nSPS) is 21.9. The first-order valence-electron chi connectivity index (χ1n) is 10.5. The van der Waals surface area contributed by atoms with Gasteiger partial charge in [-0.25, -0.2) is 0 Å². The summed E-state index contributed by atoms with van der Waals surface area (Å²) in [4.78, 5) is 14.9. The van der Waals surface area contributed by atoms with Crippen molar-refractivity contribution in [2.24, 2.45) is 0 Å². The molecule has 2 aromatic rings. The number of anilines is 1. The second kappa shape index (κ2) is 7.38. The lowest BCUT2D eigenvalue weighted by Crippen LogP contribution is -2.68. The zero-order chi connectivity index (χ0) is 21.5. The summed E-state index contributed by atoms with van der Waals surface area (Å²) >= 11 is 0. The molecule has 30 heavy (non-hydrogen) atoms. The van der Waals surface area contributed by atoms with E-state index in [4.69, 9.17) is 9.47 Å². The highest BCUT2D eigenvalue weighted by molar-refractivity contribution is 5.84. The van der Waals surface area contributed by atoms with E-state index < -0.39 is 5.66 Å². The quantitative estimate of drug-likeness (QED) is 0.798. The Labute approximate surface area is 178 Å². The van der Waals surface area contributed by atoms with E-state index in [0.717, 1.165) is 11.3 Å². The number of carbonyl (C=O) groups excluding carboxylic acids is 1.